The molecule has 2 atom stereocenters. The number of aryl methyl sites for hydroxylation is 1. The second-order valence-corrected chi connectivity index (χ2v) is 6.61. The van der Waals surface area contributed by atoms with Crippen LogP contribution in [0.15, 0.2) is 24.3 Å². The number of fused-ring (bicyclic) bond motifs is 1. The molecule has 6 heteroatoms. The number of hydrogen-bond donors (Lipinski definition) is 3. The maximum absolute atomic E-state index is 12.7. The second kappa shape index (κ2) is 7.19. The number of aliphatic hydroxyl groups excluding tert-OH is 1. The molecule has 1 aliphatic carbocycles. The van der Waals surface area contributed by atoms with Crippen molar-refractivity contribution in [3.63, 3.8) is 0 Å². The maximum Gasteiger partial charge on any atom is 0.307 e. The fourth-order valence-corrected chi connectivity index (χ4v) is 3.66. The smallest absolute Gasteiger partial charge is 0.307 e. The molecule has 2 aromatic rings. The fourth-order valence-electron chi connectivity index (χ4n) is 3.66. The average Bonchev–Trinajstić information content (AvgIpc) is 2.61. The lowest BCUT2D eigenvalue weighted by molar-refractivity contribution is -0.147. The summed E-state index contributed by atoms with van der Waals surface area (Å²) in [5.74, 6) is -2.34. The summed E-state index contributed by atoms with van der Waals surface area (Å²) in [6.45, 7) is 1.72. The summed E-state index contributed by atoms with van der Waals surface area (Å²) in [5, 5.41) is 22.6. The van der Waals surface area contributed by atoms with Gasteiger partial charge in [-0.3, -0.25) is 14.6 Å². The van der Waals surface area contributed by atoms with Gasteiger partial charge in [0.15, 0.2) is 0 Å². The normalized spacial score (nSPS) is 20.4. The van der Waals surface area contributed by atoms with Crippen molar-refractivity contribution in [1.82, 2.24) is 4.98 Å². The van der Waals surface area contributed by atoms with Crippen molar-refractivity contribution in [2.45, 2.75) is 39.2 Å². The number of pyridine rings is 1. The van der Waals surface area contributed by atoms with Crippen LogP contribution in [-0.4, -0.2) is 27.1 Å². The molecule has 1 amide bonds. The number of anilines is 1. The number of amides is 1. The van der Waals surface area contributed by atoms with Crippen molar-refractivity contribution in [1.29, 1.82) is 0 Å². The quantitative estimate of drug-likeness (QED) is 0.793. The molecular formula is C19H22N2O4. The Kier molecular flexibility index (Phi) is 4.99. The van der Waals surface area contributed by atoms with E-state index in [0.717, 1.165) is 29.5 Å². The lowest BCUT2D eigenvalue weighted by Crippen LogP contribution is -2.36. The van der Waals surface area contributed by atoms with E-state index in [4.69, 9.17) is 0 Å². The summed E-state index contributed by atoms with van der Waals surface area (Å²) in [6, 6.07) is 7.22. The number of aliphatic carboxylic acids is 1. The molecule has 25 heavy (non-hydrogen) atoms. The minimum absolute atomic E-state index is 0.110. The molecular weight excluding hydrogens is 320 g/mol. The first kappa shape index (κ1) is 17.4. The predicted octanol–water partition coefficient (Wildman–Crippen LogP) is 2.87. The third-order valence-electron chi connectivity index (χ3n) is 4.90. The van der Waals surface area contributed by atoms with E-state index in [0.29, 0.717) is 24.0 Å². The Morgan fingerprint density at radius 1 is 1.24 bits per heavy atom. The molecule has 1 heterocycles. The molecule has 1 aliphatic rings. The van der Waals surface area contributed by atoms with Gasteiger partial charge in [-0.1, -0.05) is 25.0 Å². The summed E-state index contributed by atoms with van der Waals surface area (Å²) < 4.78 is 0. The third-order valence-corrected chi connectivity index (χ3v) is 4.90. The first-order chi connectivity index (χ1) is 12.0. The highest BCUT2D eigenvalue weighted by atomic mass is 16.4. The largest absolute Gasteiger partial charge is 0.481 e. The number of benzene rings is 1. The molecule has 1 aromatic heterocycles. The monoisotopic (exact) mass is 342 g/mol. The average molecular weight is 342 g/mol. The van der Waals surface area contributed by atoms with E-state index < -0.39 is 17.8 Å². The van der Waals surface area contributed by atoms with E-state index in [1.165, 1.54) is 0 Å². The number of carboxylic acids is 1. The van der Waals surface area contributed by atoms with E-state index in [2.05, 4.69) is 10.3 Å². The Morgan fingerprint density at radius 3 is 2.64 bits per heavy atom. The van der Waals surface area contributed by atoms with Crippen LogP contribution < -0.4 is 5.32 Å². The second-order valence-electron chi connectivity index (χ2n) is 6.61. The van der Waals surface area contributed by atoms with Gasteiger partial charge >= 0.3 is 5.97 Å². The van der Waals surface area contributed by atoms with Crippen LogP contribution in [0.3, 0.4) is 0 Å². The van der Waals surface area contributed by atoms with Gasteiger partial charge in [0, 0.05) is 11.1 Å². The molecule has 0 unspecified atom stereocenters. The number of aromatic nitrogens is 1. The molecule has 1 fully saturated rings. The molecule has 0 radical (unpaired) electrons. The van der Waals surface area contributed by atoms with Gasteiger partial charge in [-0.2, -0.15) is 0 Å². The number of para-hydroxylation sites is 1. The number of nitrogens with one attached hydrogen (secondary N) is 1. The Morgan fingerprint density at radius 2 is 1.96 bits per heavy atom. The van der Waals surface area contributed by atoms with Crippen LogP contribution in [0, 0.1) is 18.8 Å². The van der Waals surface area contributed by atoms with E-state index in [9.17, 15) is 19.8 Å². The molecule has 0 aliphatic heterocycles. The Bertz CT molecular complexity index is 818. The third kappa shape index (κ3) is 3.49. The van der Waals surface area contributed by atoms with E-state index >= 15 is 0 Å². The Hall–Kier alpha value is -2.47. The maximum atomic E-state index is 12.7. The number of rotatable bonds is 4. The minimum atomic E-state index is -0.908. The van der Waals surface area contributed by atoms with E-state index in [1.807, 2.05) is 19.1 Å². The highest BCUT2D eigenvalue weighted by Crippen LogP contribution is 2.32. The van der Waals surface area contributed by atoms with Gasteiger partial charge in [0.25, 0.3) is 0 Å². The summed E-state index contributed by atoms with van der Waals surface area (Å²) in [6.07, 6.45) is 2.83. The van der Waals surface area contributed by atoms with Crippen molar-refractivity contribution in [3.05, 3.63) is 35.5 Å². The number of nitrogens with zero attached hydrogens (tertiary/aromatic N) is 1. The van der Waals surface area contributed by atoms with Crippen LogP contribution >= 0.6 is 0 Å². The minimum Gasteiger partial charge on any atom is -0.481 e. The van der Waals surface area contributed by atoms with Crippen molar-refractivity contribution >= 4 is 28.5 Å². The zero-order valence-electron chi connectivity index (χ0n) is 14.2. The fraction of sp³-hybridized carbons (Fsp3) is 0.421. The standard InChI is InChI=1S/C19H22N2O4/c1-11-9-12(10-22)13-7-4-8-16(17(13)20-11)21-18(23)14-5-2-3-6-15(14)19(24)25/h4,7-9,14-15,22H,2-3,5-6,10H2,1H3,(H,21,23)(H,24,25)/t14-,15-/m1/s1. The highest BCUT2D eigenvalue weighted by Gasteiger charge is 2.35. The lowest BCUT2D eigenvalue weighted by atomic mass is 9.78. The predicted molar refractivity (Wildman–Crippen MR) is 94.1 cm³/mol. The molecule has 3 N–H and O–H groups in total. The summed E-state index contributed by atoms with van der Waals surface area (Å²) in [7, 11) is 0. The lowest BCUT2D eigenvalue weighted by Gasteiger charge is -2.27. The van der Waals surface area contributed by atoms with Gasteiger partial charge in [-0.15, -0.1) is 0 Å². The number of carboxylic acid groups (broad SMARTS) is 1. The Labute approximate surface area is 145 Å². The topological polar surface area (TPSA) is 99.5 Å². The molecule has 0 saturated heterocycles. The van der Waals surface area contributed by atoms with E-state index in [1.54, 1.807) is 12.1 Å². The molecule has 0 spiro atoms. The van der Waals surface area contributed by atoms with Crippen molar-refractivity contribution in [3.8, 4) is 0 Å². The zero-order chi connectivity index (χ0) is 18.0. The van der Waals surface area contributed by atoms with Crippen molar-refractivity contribution in [2.24, 2.45) is 11.8 Å². The number of carbonyl (C=O) groups is 2. The zero-order valence-corrected chi connectivity index (χ0v) is 14.2. The molecule has 6 nitrogen and oxygen atoms in total. The molecule has 3 rings (SSSR count). The number of carbonyl (C=O) groups excluding carboxylic acids is 1. The van der Waals surface area contributed by atoms with Crippen LogP contribution in [0.4, 0.5) is 5.69 Å². The molecule has 132 valence electrons. The van der Waals surface area contributed by atoms with Crippen LogP contribution in [-0.2, 0) is 16.2 Å². The van der Waals surface area contributed by atoms with Gasteiger partial charge < -0.3 is 15.5 Å². The van der Waals surface area contributed by atoms with Crippen LogP contribution in [0.2, 0.25) is 0 Å². The Balaban J connectivity index is 1.93. The van der Waals surface area contributed by atoms with Gasteiger partial charge in [0.05, 0.1) is 29.6 Å². The highest BCUT2D eigenvalue weighted by molar-refractivity contribution is 6.02. The summed E-state index contributed by atoms with van der Waals surface area (Å²) in [4.78, 5) is 28.7. The van der Waals surface area contributed by atoms with Crippen molar-refractivity contribution < 1.29 is 19.8 Å². The van der Waals surface area contributed by atoms with Crippen LogP contribution in [0.5, 0.6) is 0 Å². The number of hydrogen-bond acceptors (Lipinski definition) is 4. The van der Waals surface area contributed by atoms with Gasteiger partial charge in [0.1, 0.15) is 0 Å². The van der Waals surface area contributed by atoms with E-state index in [-0.39, 0.29) is 12.5 Å². The number of aliphatic hydroxyl groups is 1. The van der Waals surface area contributed by atoms with Crippen LogP contribution in [0.25, 0.3) is 10.9 Å². The first-order valence-corrected chi connectivity index (χ1v) is 8.55. The van der Waals surface area contributed by atoms with Gasteiger partial charge in [-0.25, -0.2) is 0 Å². The first-order valence-electron chi connectivity index (χ1n) is 8.55. The van der Waals surface area contributed by atoms with Crippen molar-refractivity contribution in [2.75, 3.05) is 5.32 Å². The van der Waals surface area contributed by atoms with Crippen LogP contribution in [0.1, 0.15) is 36.9 Å². The molecule has 1 aromatic carbocycles. The summed E-state index contributed by atoms with van der Waals surface area (Å²) >= 11 is 0. The molecule has 0 bridgehead atoms. The SMILES string of the molecule is Cc1cc(CO)c2cccc(NC(=O)[C@@H]3CCCC[C@H]3C(=O)O)c2n1. The summed E-state index contributed by atoms with van der Waals surface area (Å²) in [5.41, 5.74) is 2.66. The van der Waals surface area contributed by atoms with Gasteiger partial charge in [0.2, 0.25) is 5.91 Å². The van der Waals surface area contributed by atoms with Gasteiger partial charge in [-0.05, 0) is 37.5 Å². The molecule has 1 saturated carbocycles.